The van der Waals surface area contributed by atoms with E-state index in [0.29, 0.717) is 11.8 Å². The number of hydrogen-bond donors (Lipinski definition) is 0. The maximum atomic E-state index is 13.8. The van der Waals surface area contributed by atoms with Crippen LogP contribution in [0.3, 0.4) is 0 Å². The van der Waals surface area contributed by atoms with Gasteiger partial charge in [0.15, 0.2) is 0 Å². The highest BCUT2D eigenvalue weighted by Crippen LogP contribution is 2.25. The van der Waals surface area contributed by atoms with Crippen molar-refractivity contribution in [3.63, 3.8) is 0 Å². The topological polar surface area (TPSA) is 23.8 Å². The van der Waals surface area contributed by atoms with Gasteiger partial charge in [0, 0.05) is 11.1 Å². The van der Waals surface area contributed by atoms with Gasteiger partial charge in [-0.2, -0.15) is 5.26 Å². The summed E-state index contributed by atoms with van der Waals surface area (Å²) in [6, 6.07) is 6.33. The van der Waals surface area contributed by atoms with Gasteiger partial charge in [0.1, 0.15) is 17.0 Å². The molecule has 4 heteroatoms. The smallest absolute Gasteiger partial charge is 0.142 e. The third-order valence-corrected chi connectivity index (χ3v) is 3.84. The van der Waals surface area contributed by atoms with Crippen molar-refractivity contribution in [3.05, 3.63) is 63.7 Å². The molecule has 0 unspecified atom stereocenters. The van der Waals surface area contributed by atoms with Crippen LogP contribution in [0.5, 0.6) is 0 Å². The van der Waals surface area contributed by atoms with Gasteiger partial charge in [-0.15, -0.1) is 0 Å². The number of benzene rings is 2. The number of rotatable bonds is 1. The lowest BCUT2D eigenvalue weighted by Crippen LogP contribution is -1.91. The van der Waals surface area contributed by atoms with Gasteiger partial charge in [0.25, 0.3) is 0 Å². The monoisotopic (exact) mass is 313 g/mol. The van der Waals surface area contributed by atoms with Crippen LogP contribution >= 0.6 is 11.8 Å². The molecule has 22 heavy (non-hydrogen) atoms. The first-order valence-electron chi connectivity index (χ1n) is 6.57. The van der Waals surface area contributed by atoms with E-state index in [-0.39, 0.29) is 10.5 Å². The number of halogens is 2. The lowest BCUT2D eigenvalue weighted by Gasteiger charge is -2.05. The van der Waals surface area contributed by atoms with E-state index in [1.165, 1.54) is 0 Å². The van der Waals surface area contributed by atoms with Gasteiger partial charge in [0.2, 0.25) is 0 Å². The zero-order valence-corrected chi connectivity index (χ0v) is 13.2. The second-order valence-corrected chi connectivity index (χ2v) is 5.78. The van der Waals surface area contributed by atoms with Crippen LogP contribution in [0.4, 0.5) is 8.78 Å². The molecule has 1 nitrogen and oxygen atoms in total. The molecule has 110 valence electrons. The molecule has 0 aliphatic rings. The van der Waals surface area contributed by atoms with Crippen molar-refractivity contribution in [2.45, 2.75) is 25.7 Å². The average Bonchev–Trinajstić information content (AvgIpc) is 2.41. The summed E-state index contributed by atoms with van der Waals surface area (Å²) in [6.45, 7) is 5.92. The normalized spacial score (nSPS) is 9.82. The van der Waals surface area contributed by atoms with Gasteiger partial charge in [-0.3, -0.25) is 0 Å². The zero-order chi connectivity index (χ0) is 16.3. The van der Waals surface area contributed by atoms with Crippen LogP contribution in [-0.4, -0.2) is 0 Å². The molecule has 0 radical (unpaired) electrons. The van der Waals surface area contributed by atoms with E-state index >= 15 is 0 Å². The lowest BCUT2D eigenvalue weighted by atomic mass is 10.00. The molecule has 0 aliphatic carbocycles. The second kappa shape index (κ2) is 6.64. The summed E-state index contributed by atoms with van der Waals surface area (Å²) >= 11 is 0.466. The second-order valence-electron chi connectivity index (χ2n) is 4.99. The van der Waals surface area contributed by atoms with Gasteiger partial charge in [0.05, 0.1) is 4.90 Å². The van der Waals surface area contributed by atoms with Crippen molar-refractivity contribution in [3.8, 4) is 17.2 Å². The van der Waals surface area contributed by atoms with Gasteiger partial charge < -0.3 is 0 Å². The van der Waals surface area contributed by atoms with E-state index in [9.17, 15) is 8.78 Å². The van der Waals surface area contributed by atoms with Crippen molar-refractivity contribution in [1.82, 2.24) is 0 Å². The maximum absolute atomic E-state index is 13.8. The molecule has 0 heterocycles. The van der Waals surface area contributed by atoms with Crippen molar-refractivity contribution in [2.75, 3.05) is 0 Å². The van der Waals surface area contributed by atoms with Crippen LogP contribution in [0, 0.1) is 54.9 Å². The standard InChI is InChI=1S/C18H13F2NS/c1-11-6-12(2)15(13(3)7-11)5-4-14-8-16(19)18(22-10-21)17(20)9-14/h6-9H,1-3H3. The number of thiocyanates is 1. The molecule has 0 amide bonds. The molecule has 0 spiro atoms. The Morgan fingerprint density at radius 1 is 0.909 bits per heavy atom. The van der Waals surface area contributed by atoms with Gasteiger partial charge >= 0.3 is 0 Å². The fraction of sp³-hybridized carbons (Fsp3) is 0.167. The van der Waals surface area contributed by atoms with Gasteiger partial charge in [-0.05, 0) is 55.8 Å². The molecule has 2 rings (SSSR count). The Morgan fingerprint density at radius 2 is 1.45 bits per heavy atom. The predicted octanol–water partition coefficient (Wildman–Crippen LogP) is 4.86. The Morgan fingerprint density at radius 3 is 1.95 bits per heavy atom. The molecule has 0 N–H and O–H groups in total. The summed E-state index contributed by atoms with van der Waals surface area (Å²) in [4.78, 5) is -0.296. The molecule has 0 aliphatic heterocycles. The van der Waals surface area contributed by atoms with Crippen molar-refractivity contribution in [2.24, 2.45) is 0 Å². The Hall–Kier alpha value is -2.30. The molecule has 0 saturated heterocycles. The summed E-state index contributed by atoms with van der Waals surface area (Å²) in [7, 11) is 0. The SMILES string of the molecule is Cc1cc(C)c(C#Cc2cc(F)c(SC#N)c(F)c2)c(C)c1. The molecule has 0 atom stereocenters. The molecule has 0 saturated carbocycles. The summed E-state index contributed by atoms with van der Waals surface area (Å²) in [6.07, 6.45) is 0. The Kier molecular flexibility index (Phi) is 4.85. The molecular formula is C18H13F2NS. The largest absolute Gasteiger partial charge is 0.206 e. The van der Waals surface area contributed by atoms with E-state index in [0.717, 1.165) is 34.4 Å². The van der Waals surface area contributed by atoms with Crippen molar-refractivity contribution >= 4 is 11.8 Å². The van der Waals surface area contributed by atoms with E-state index in [1.54, 1.807) is 5.40 Å². The first kappa shape index (κ1) is 16.1. The number of nitriles is 1. The predicted molar refractivity (Wildman–Crippen MR) is 84.5 cm³/mol. The number of aryl methyl sites for hydroxylation is 3. The minimum absolute atomic E-state index is 0.247. The van der Waals surface area contributed by atoms with Crippen molar-refractivity contribution in [1.29, 1.82) is 5.26 Å². The highest BCUT2D eigenvalue weighted by atomic mass is 32.2. The average molecular weight is 313 g/mol. The van der Waals surface area contributed by atoms with Crippen LogP contribution in [-0.2, 0) is 0 Å². The fourth-order valence-corrected chi connectivity index (χ4v) is 2.69. The highest BCUT2D eigenvalue weighted by Gasteiger charge is 2.11. The summed E-state index contributed by atoms with van der Waals surface area (Å²) in [5.74, 6) is 4.23. The fourth-order valence-electron chi connectivity index (χ4n) is 2.29. The lowest BCUT2D eigenvalue weighted by molar-refractivity contribution is 0.540. The summed E-state index contributed by atoms with van der Waals surface area (Å²) in [5, 5.41) is 10.2. The quantitative estimate of drug-likeness (QED) is 0.426. The molecular weight excluding hydrogens is 300 g/mol. The molecule has 2 aromatic rings. The van der Waals surface area contributed by atoms with E-state index in [1.807, 2.05) is 32.9 Å². The minimum atomic E-state index is -0.770. The van der Waals surface area contributed by atoms with Crippen LogP contribution in [0.1, 0.15) is 27.8 Å². The first-order valence-corrected chi connectivity index (χ1v) is 7.39. The van der Waals surface area contributed by atoms with Crippen molar-refractivity contribution < 1.29 is 8.78 Å². The molecule has 0 fully saturated rings. The van der Waals surface area contributed by atoms with E-state index < -0.39 is 11.6 Å². The Labute approximate surface area is 133 Å². The van der Waals surface area contributed by atoms with Gasteiger partial charge in [-0.1, -0.05) is 29.5 Å². The number of hydrogen-bond acceptors (Lipinski definition) is 2. The van der Waals surface area contributed by atoms with E-state index in [4.69, 9.17) is 5.26 Å². The number of thioether (sulfide) groups is 1. The summed E-state index contributed by atoms with van der Waals surface area (Å²) < 4.78 is 27.5. The zero-order valence-electron chi connectivity index (χ0n) is 12.4. The molecule has 0 aromatic heterocycles. The highest BCUT2D eigenvalue weighted by molar-refractivity contribution is 8.03. The third kappa shape index (κ3) is 3.47. The van der Waals surface area contributed by atoms with Crippen LogP contribution in [0.2, 0.25) is 0 Å². The van der Waals surface area contributed by atoms with Gasteiger partial charge in [-0.25, -0.2) is 8.78 Å². The molecule has 2 aromatic carbocycles. The van der Waals surface area contributed by atoms with Crippen LogP contribution in [0.25, 0.3) is 0 Å². The maximum Gasteiger partial charge on any atom is 0.142 e. The van der Waals surface area contributed by atoms with Crippen LogP contribution < -0.4 is 0 Å². The minimum Gasteiger partial charge on any atom is -0.206 e. The molecule has 0 bridgehead atoms. The summed E-state index contributed by atoms with van der Waals surface area (Å²) in [5.41, 5.74) is 4.32. The Bertz CT molecular complexity index is 792. The first-order chi connectivity index (χ1) is 10.4. The van der Waals surface area contributed by atoms with E-state index in [2.05, 4.69) is 11.8 Å². The number of nitrogens with zero attached hydrogens (tertiary/aromatic N) is 1. The third-order valence-electron chi connectivity index (χ3n) is 3.15. The Balaban J connectivity index is 2.44. The van der Waals surface area contributed by atoms with Crippen LogP contribution in [0.15, 0.2) is 29.2 Å².